The van der Waals surface area contributed by atoms with Crippen LogP contribution in [-0.4, -0.2) is 35.8 Å². The van der Waals surface area contributed by atoms with Crippen molar-refractivity contribution < 1.29 is 4.74 Å². The Morgan fingerprint density at radius 2 is 2.17 bits per heavy atom. The van der Waals surface area contributed by atoms with Crippen LogP contribution in [0.2, 0.25) is 0 Å². The van der Waals surface area contributed by atoms with Crippen molar-refractivity contribution in [3.8, 4) is 0 Å². The van der Waals surface area contributed by atoms with Crippen LogP contribution < -0.4 is 16.0 Å². The Kier molecular flexibility index (Phi) is 4.21. The highest BCUT2D eigenvalue weighted by Gasteiger charge is 2.23. The molecule has 1 atom stereocenters. The lowest BCUT2D eigenvalue weighted by molar-refractivity contribution is 0.120. The summed E-state index contributed by atoms with van der Waals surface area (Å²) in [5.41, 5.74) is 9.53. The summed E-state index contributed by atoms with van der Waals surface area (Å²) >= 11 is 0. The van der Waals surface area contributed by atoms with Crippen LogP contribution in [0.15, 0.2) is 30.6 Å². The highest BCUT2D eigenvalue weighted by molar-refractivity contribution is 5.80. The zero-order valence-corrected chi connectivity index (χ0v) is 13.7. The maximum absolute atomic E-state index is 6.39. The van der Waals surface area contributed by atoms with Crippen molar-refractivity contribution in [1.29, 1.82) is 0 Å². The molecule has 1 unspecified atom stereocenters. The van der Waals surface area contributed by atoms with Gasteiger partial charge in [-0.2, -0.15) is 0 Å². The van der Waals surface area contributed by atoms with Gasteiger partial charge in [0.2, 0.25) is 0 Å². The SMILES string of the molecule is Nc1c(NCC2CCCO2)ncnc1N1CCCc2ccccc21. The van der Waals surface area contributed by atoms with Crippen LogP contribution in [0.5, 0.6) is 0 Å². The molecule has 0 aliphatic carbocycles. The van der Waals surface area contributed by atoms with E-state index in [9.17, 15) is 0 Å². The number of aryl methyl sites for hydroxylation is 1. The first kappa shape index (κ1) is 15.2. The fraction of sp³-hybridized carbons (Fsp3) is 0.444. The van der Waals surface area contributed by atoms with Gasteiger partial charge < -0.3 is 20.7 Å². The fourth-order valence-electron chi connectivity index (χ4n) is 3.51. The van der Waals surface area contributed by atoms with E-state index in [2.05, 4.69) is 44.5 Å². The third-order valence-corrected chi connectivity index (χ3v) is 4.75. The predicted octanol–water partition coefficient (Wildman–Crippen LogP) is 2.73. The molecule has 6 nitrogen and oxygen atoms in total. The summed E-state index contributed by atoms with van der Waals surface area (Å²) in [4.78, 5) is 11.0. The number of nitrogens with two attached hydrogens (primary N) is 1. The molecule has 1 saturated heterocycles. The van der Waals surface area contributed by atoms with Crippen molar-refractivity contribution >= 4 is 23.0 Å². The normalized spacial score (nSPS) is 20.0. The maximum Gasteiger partial charge on any atom is 0.161 e. The predicted molar refractivity (Wildman–Crippen MR) is 95.7 cm³/mol. The Bertz CT molecular complexity index is 714. The van der Waals surface area contributed by atoms with Gasteiger partial charge in [0.15, 0.2) is 11.6 Å². The number of aromatic nitrogens is 2. The molecule has 0 bridgehead atoms. The first-order valence-electron chi connectivity index (χ1n) is 8.64. The van der Waals surface area contributed by atoms with Gasteiger partial charge in [-0.3, -0.25) is 0 Å². The van der Waals surface area contributed by atoms with Crippen molar-refractivity contribution in [2.45, 2.75) is 31.8 Å². The average molecular weight is 325 g/mol. The van der Waals surface area contributed by atoms with Crippen molar-refractivity contribution in [2.24, 2.45) is 0 Å². The van der Waals surface area contributed by atoms with Crippen LogP contribution in [0.25, 0.3) is 0 Å². The van der Waals surface area contributed by atoms with Gasteiger partial charge in [0.05, 0.1) is 6.10 Å². The molecular weight excluding hydrogens is 302 g/mol. The van der Waals surface area contributed by atoms with E-state index < -0.39 is 0 Å². The van der Waals surface area contributed by atoms with Crippen LogP contribution >= 0.6 is 0 Å². The summed E-state index contributed by atoms with van der Waals surface area (Å²) in [7, 11) is 0. The van der Waals surface area contributed by atoms with Crippen molar-refractivity contribution in [3.63, 3.8) is 0 Å². The average Bonchev–Trinajstić information content (AvgIpc) is 3.14. The molecule has 1 aromatic heterocycles. The molecule has 1 fully saturated rings. The van der Waals surface area contributed by atoms with E-state index >= 15 is 0 Å². The number of fused-ring (bicyclic) bond motifs is 1. The smallest absolute Gasteiger partial charge is 0.161 e. The van der Waals surface area contributed by atoms with Crippen LogP contribution in [-0.2, 0) is 11.2 Å². The number of benzene rings is 1. The van der Waals surface area contributed by atoms with Crippen molar-refractivity contribution in [2.75, 3.05) is 35.6 Å². The lowest BCUT2D eigenvalue weighted by Gasteiger charge is -2.31. The fourth-order valence-corrected chi connectivity index (χ4v) is 3.51. The molecule has 2 aromatic rings. The first-order chi connectivity index (χ1) is 11.8. The summed E-state index contributed by atoms with van der Waals surface area (Å²) in [5, 5.41) is 3.33. The molecule has 0 spiro atoms. The summed E-state index contributed by atoms with van der Waals surface area (Å²) in [6.45, 7) is 2.50. The molecule has 0 radical (unpaired) electrons. The summed E-state index contributed by atoms with van der Waals surface area (Å²) in [5.74, 6) is 1.48. The van der Waals surface area contributed by atoms with Gasteiger partial charge in [-0.25, -0.2) is 9.97 Å². The topological polar surface area (TPSA) is 76.3 Å². The van der Waals surface area contributed by atoms with E-state index in [1.54, 1.807) is 6.33 Å². The number of ether oxygens (including phenoxy) is 1. The molecule has 0 amide bonds. The molecule has 6 heteroatoms. The van der Waals surface area contributed by atoms with E-state index in [0.29, 0.717) is 11.5 Å². The molecule has 24 heavy (non-hydrogen) atoms. The Morgan fingerprint density at radius 3 is 3.04 bits per heavy atom. The van der Waals surface area contributed by atoms with E-state index in [1.807, 2.05) is 0 Å². The van der Waals surface area contributed by atoms with Crippen LogP contribution in [0.4, 0.5) is 23.0 Å². The Morgan fingerprint density at radius 1 is 1.25 bits per heavy atom. The number of anilines is 4. The second-order valence-electron chi connectivity index (χ2n) is 6.36. The lowest BCUT2D eigenvalue weighted by Crippen LogP contribution is -2.27. The largest absolute Gasteiger partial charge is 0.393 e. The van der Waals surface area contributed by atoms with Crippen LogP contribution in [0.3, 0.4) is 0 Å². The Labute approximate surface area is 142 Å². The molecule has 4 rings (SSSR count). The van der Waals surface area contributed by atoms with E-state index in [4.69, 9.17) is 10.5 Å². The van der Waals surface area contributed by atoms with E-state index in [-0.39, 0.29) is 6.10 Å². The van der Waals surface area contributed by atoms with Crippen LogP contribution in [0, 0.1) is 0 Å². The maximum atomic E-state index is 6.39. The van der Waals surface area contributed by atoms with Crippen LogP contribution in [0.1, 0.15) is 24.8 Å². The van der Waals surface area contributed by atoms with Gasteiger partial charge in [0.25, 0.3) is 0 Å². The molecule has 126 valence electrons. The molecule has 3 heterocycles. The second kappa shape index (κ2) is 6.65. The quantitative estimate of drug-likeness (QED) is 0.900. The first-order valence-corrected chi connectivity index (χ1v) is 8.64. The molecule has 3 N–H and O–H groups in total. The number of hydrogen-bond donors (Lipinski definition) is 2. The van der Waals surface area contributed by atoms with Gasteiger partial charge in [-0.15, -0.1) is 0 Å². The summed E-state index contributed by atoms with van der Waals surface area (Å²) in [6, 6.07) is 8.45. The van der Waals surface area contributed by atoms with Gasteiger partial charge in [0.1, 0.15) is 12.0 Å². The number of hydrogen-bond acceptors (Lipinski definition) is 6. The molecular formula is C18H23N5O. The second-order valence-corrected chi connectivity index (χ2v) is 6.36. The zero-order chi connectivity index (χ0) is 16.4. The highest BCUT2D eigenvalue weighted by Crippen LogP contribution is 2.36. The molecule has 2 aliphatic heterocycles. The van der Waals surface area contributed by atoms with Gasteiger partial charge in [-0.1, -0.05) is 18.2 Å². The molecule has 0 saturated carbocycles. The Balaban J connectivity index is 1.59. The number of nitrogen functional groups attached to an aromatic ring is 1. The van der Waals surface area contributed by atoms with E-state index in [1.165, 1.54) is 11.3 Å². The zero-order valence-electron chi connectivity index (χ0n) is 13.7. The number of nitrogens with one attached hydrogen (secondary N) is 1. The van der Waals surface area contributed by atoms with Gasteiger partial charge in [0, 0.05) is 25.4 Å². The number of nitrogens with zero attached hydrogens (tertiary/aromatic N) is 3. The standard InChI is InChI=1S/C18H23N5O/c19-16-17(20-11-14-7-4-10-24-14)21-12-22-18(16)23-9-3-6-13-5-1-2-8-15(13)23/h1-2,5,8,12,14H,3-4,6-7,9-11,19H2,(H,20,21,22). The van der Waals surface area contributed by atoms with Crippen molar-refractivity contribution in [3.05, 3.63) is 36.2 Å². The van der Waals surface area contributed by atoms with Crippen molar-refractivity contribution in [1.82, 2.24) is 9.97 Å². The van der Waals surface area contributed by atoms with Gasteiger partial charge in [-0.05, 0) is 37.3 Å². The summed E-state index contributed by atoms with van der Waals surface area (Å²) in [6.07, 6.45) is 6.24. The third kappa shape index (κ3) is 2.89. The molecule has 1 aromatic carbocycles. The summed E-state index contributed by atoms with van der Waals surface area (Å²) < 4.78 is 5.65. The number of para-hydroxylation sites is 1. The highest BCUT2D eigenvalue weighted by atomic mass is 16.5. The Hall–Kier alpha value is -2.34. The minimum atomic E-state index is 0.249. The lowest BCUT2D eigenvalue weighted by atomic mass is 10.0. The van der Waals surface area contributed by atoms with Gasteiger partial charge >= 0.3 is 0 Å². The third-order valence-electron chi connectivity index (χ3n) is 4.75. The minimum absolute atomic E-state index is 0.249. The number of rotatable bonds is 4. The minimum Gasteiger partial charge on any atom is -0.393 e. The monoisotopic (exact) mass is 325 g/mol. The van der Waals surface area contributed by atoms with E-state index in [0.717, 1.165) is 51.2 Å². The molecule has 2 aliphatic rings.